The maximum Gasteiger partial charge on any atom is 0.274 e. The molecule has 6 heteroatoms. The van der Waals surface area contributed by atoms with Crippen LogP contribution < -0.4 is 10.0 Å². The van der Waals surface area contributed by atoms with Gasteiger partial charge in [-0.05, 0) is 38.9 Å². The zero-order valence-electron chi connectivity index (χ0n) is 11.7. The molecule has 0 bridgehead atoms. The number of sulfonamides is 1. The quantitative estimate of drug-likeness (QED) is 0.566. The Kier molecular flexibility index (Phi) is 6.27. The normalized spacial score (nSPS) is 11.5. The highest BCUT2D eigenvalue weighted by molar-refractivity contribution is 7.89. The molecule has 2 N–H and O–H groups in total. The Morgan fingerprint density at radius 3 is 2.74 bits per heavy atom. The smallest absolute Gasteiger partial charge is 0.274 e. The maximum atomic E-state index is 11.9. The van der Waals surface area contributed by atoms with E-state index in [1.807, 2.05) is 19.9 Å². The molecular weight excluding hydrogens is 264 g/mol. The number of allylic oxidation sites excluding steroid dienone is 1. The molecule has 1 heterocycles. The van der Waals surface area contributed by atoms with Gasteiger partial charge in [0.15, 0.2) is 0 Å². The van der Waals surface area contributed by atoms with Gasteiger partial charge in [0.05, 0.1) is 6.54 Å². The largest absolute Gasteiger partial charge is 0.447 e. The molecule has 0 amide bonds. The summed E-state index contributed by atoms with van der Waals surface area (Å²) in [4.78, 5) is 0. The third-order valence-corrected chi connectivity index (χ3v) is 3.71. The summed E-state index contributed by atoms with van der Waals surface area (Å²) in [5.74, 6) is 0.621. The van der Waals surface area contributed by atoms with Crippen molar-refractivity contribution in [3.8, 4) is 0 Å². The summed E-state index contributed by atoms with van der Waals surface area (Å²) < 4.78 is 31.6. The predicted molar refractivity (Wildman–Crippen MR) is 75.3 cm³/mol. The molecule has 0 fully saturated rings. The van der Waals surface area contributed by atoms with Crippen molar-refractivity contribution in [1.29, 1.82) is 0 Å². The van der Waals surface area contributed by atoms with Crippen LogP contribution in [0.1, 0.15) is 33.0 Å². The fraction of sp³-hybridized carbons (Fsp3) is 0.538. The van der Waals surface area contributed by atoms with Crippen molar-refractivity contribution in [2.24, 2.45) is 0 Å². The van der Waals surface area contributed by atoms with Gasteiger partial charge < -0.3 is 9.73 Å². The molecule has 0 aliphatic rings. The second kappa shape index (κ2) is 7.47. The molecule has 0 aliphatic heterocycles. The lowest BCUT2D eigenvalue weighted by Crippen LogP contribution is -2.23. The Labute approximate surface area is 115 Å². The summed E-state index contributed by atoms with van der Waals surface area (Å²) in [5.41, 5.74) is 1.06. The molecule has 1 aromatic rings. The molecule has 0 unspecified atom stereocenters. The Bertz CT molecular complexity index is 514. The molecular formula is C13H22N2O3S. The van der Waals surface area contributed by atoms with E-state index >= 15 is 0 Å². The summed E-state index contributed by atoms with van der Waals surface area (Å²) >= 11 is 0. The van der Waals surface area contributed by atoms with Gasteiger partial charge in [-0.1, -0.05) is 18.6 Å². The standard InChI is InChI=1S/C13H22N2O3S/c1-4-8-14-10-12-5-6-13(18-12)19(16,17)15-9-7-11(2)3/h5-7,14-15H,4,8-10H2,1-3H3. The van der Waals surface area contributed by atoms with Crippen LogP contribution in [0.5, 0.6) is 0 Å². The van der Waals surface area contributed by atoms with Crippen molar-refractivity contribution in [2.45, 2.75) is 38.8 Å². The van der Waals surface area contributed by atoms with Gasteiger partial charge in [0.2, 0.25) is 5.09 Å². The predicted octanol–water partition coefficient (Wildman–Crippen LogP) is 2.02. The number of furan rings is 1. The average Bonchev–Trinajstić information content (AvgIpc) is 2.78. The fourth-order valence-electron chi connectivity index (χ4n) is 1.41. The Morgan fingerprint density at radius 1 is 1.37 bits per heavy atom. The first-order valence-electron chi connectivity index (χ1n) is 6.38. The van der Waals surface area contributed by atoms with E-state index in [2.05, 4.69) is 17.0 Å². The Balaban J connectivity index is 2.61. The molecule has 108 valence electrons. The van der Waals surface area contributed by atoms with Crippen LogP contribution in [0.4, 0.5) is 0 Å². The van der Waals surface area contributed by atoms with Gasteiger partial charge in [-0.15, -0.1) is 0 Å². The van der Waals surface area contributed by atoms with Gasteiger partial charge in [-0.25, -0.2) is 13.1 Å². The molecule has 0 saturated carbocycles. The lowest BCUT2D eigenvalue weighted by atomic mass is 10.3. The molecule has 0 saturated heterocycles. The zero-order chi connectivity index (χ0) is 14.3. The third-order valence-electron chi connectivity index (χ3n) is 2.41. The average molecular weight is 286 g/mol. The van der Waals surface area contributed by atoms with Gasteiger partial charge in [0.25, 0.3) is 10.0 Å². The molecule has 19 heavy (non-hydrogen) atoms. The summed E-state index contributed by atoms with van der Waals surface area (Å²) in [5, 5.41) is 3.12. The minimum Gasteiger partial charge on any atom is -0.447 e. The first-order chi connectivity index (χ1) is 8.95. The van der Waals surface area contributed by atoms with Crippen LogP contribution in [-0.4, -0.2) is 21.5 Å². The highest BCUT2D eigenvalue weighted by Gasteiger charge is 2.17. The van der Waals surface area contributed by atoms with E-state index in [0.717, 1.165) is 18.5 Å². The molecule has 0 aliphatic carbocycles. The minimum atomic E-state index is -3.55. The minimum absolute atomic E-state index is 0.0389. The van der Waals surface area contributed by atoms with Crippen LogP contribution in [0.25, 0.3) is 0 Å². The van der Waals surface area contributed by atoms with E-state index < -0.39 is 10.0 Å². The molecule has 5 nitrogen and oxygen atoms in total. The molecule has 0 spiro atoms. The molecule has 1 aromatic heterocycles. The second-order valence-electron chi connectivity index (χ2n) is 4.53. The van der Waals surface area contributed by atoms with E-state index in [1.54, 1.807) is 6.07 Å². The van der Waals surface area contributed by atoms with E-state index in [4.69, 9.17) is 4.42 Å². The van der Waals surface area contributed by atoms with Gasteiger partial charge in [-0.2, -0.15) is 0 Å². The number of nitrogens with one attached hydrogen (secondary N) is 2. The van der Waals surface area contributed by atoms with E-state index in [9.17, 15) is 8.42 Å². The van der Waals surface area contributed by atoms with Crippen molar-refractivity contribution in [3.63, 3.8) is 0 Å². The second-order valence-corrected chi connectivity index (χ2v) is 6.23. The summed E-state index contributed by atoms with van der Waals surface area (Å²) in [6.45, 7) is 7.59. The van der Waals surface area contributed by atoms with E-state index in [0.29, 0.717) is 12.3 Å². The van der Waals surface area contributed by atoms with Crippen LogP contribution >= 0.6 is 0 Å². The van der Waals surface area contributed by atoms with Gasteiger partial charge in [-0.3, -0.25) is 0 Å². The van der Waals surface area contributed by atoms with E-state index in [-0.39, 0.29) is 11.6 Å². The molecule has 0 atom stereocenters. The maximum absolute atomic E-state index is 11.9. The summed E-state index contributed by atoms with van der Waals surface area (Å²) in [6, 6.07) is 3.16. The molecule has 0 aromatic carbocycles. The molecule has 0 radical (unpaired) electrons. The number of hydrogen-bond acceptors (Lipinski definition) is 4. The first-order valence-corrected chi connectivity index (χ1v) is 7.86. The van der Waals surface area contributed by atoms with Crippen molar-refractivity contribution in [3.05, 3.63) is 29.5 Å². The van der Waals surface area contributed by atoms with Crippen LogP contribution in [0.15, 0.2) is 33.3 Å². The van der Waals surface area contributed by atoms with Crippen molar-refractivity contribution >= 4 is 10.0 Å². The number of hydrogen-bond donors (Lipinski definition) is 2. The lowest BCUT2D eigenvalue weighted by molar-refractivity contribution is 0.400. The van der Waals surface area contributed by atoms with Crippen LogP contribution in [0, 0.1) is 0 Å². The first kappa shape index (κ1) is 15.9. The summed E-state index contributed by atoms with van der Waals surface area (Å²) in [7, 11) is -3.55. The Hall–Kier alpha value is -1.11. The topological polar surface area (TPSA) is 71.3 Å². The Morgan fingerprint density at radius 2 is 2.11 bits per heavy atom. The van der Waals surface area contributed by atoms with Crippen LogP contribution in [-0.2, 0) is 16.6 Å². The van der Waals surface area contributed by atoms with Crippen molar-refractivity contribution < 1.29 is 12.8 Å². The van der Waals surface area contributed by atoms with Gasteiger partial charge >= 0.3 is 0 Å². The number of rotatable bonds is 8. The lowest BCUT2D eigenvalue weighted by Gasteiger charge is -2.02. The van der Waals surface area contributed by atoms with Crippen LogP contribution in [0.3, 0.4) is 0 Å². The van der Waals surface area contributed by atoms with E-state index in [1.165, 1.54) is 6.07 Å². The van der Waals surface area contributed by atoms with Crippen molar-refractivity contribution in [2.75, 3.05) is 13.1 Å². The van der Waals surface area contributed by atoms with Gasteiger partial charge in [0, 0.05) is 6.54 Å². The van der Waals surface area contributed by atoms with Crippen molar-refractivity contribution in [1.82, 2.24) is 10.0 Å². The van der Waals surface area contributed by atoms with Crippen LogP contribution in [0.2, 0.25) is 0 Å². The zero-order valence-corrected chi connectivity index (χ0v) is 12.5. The molecule has 1 rings (SSSR count). The monoisotopic (exact) mass is 286 g/mol. The third kappa shape index (κ3) is 5.59. The fourth-order valence-corrected chi connectivity index (χ4v) is 2.32. The highest BCUT2D eigenvalue weighted by atomic mass is 32.2. The van der Waals surface area contributed by atoms with Gasteiger partial charge in [0.1, 0.15) is 5.76 Å². The SMILES string of the molecule is CCCNCc1ccc(S(=O)(=O)NCC=C(C)C)o1. The highest BCUT2D eigenvalue weighted by Crippen LogP contribution is 2.13. The summed E-state index contributed by atoms with van der Waals surface area (Å²) in [6.07, 6.45) is 2.83.